The zero-order valence-corrected chi connectivity index (χ0v) is 9.98. The van der Waals surface area contributed by atoms with Crippen LogP contribution in [-0.2, 0) is 0 Å². The van der Waals surface area contributed by atoms with Crippen LogP contribution in [0.5, 0.6) is 0 Å². The van der Waals surface area contributed by atoms with Gasteiger partial charge >= 0.3 is 0 Å². The molecule has 2 heterocycles. The van der Waals surface area contributed by atoms with E-state index in [0.717, 1.165) is 0 Å². The predicted octanol–water partition coefficient (Wildman–Crippen LogP) is 1.15. The summed E-state index contributed by atoms with van der Waals surface area (Å²) in [5.41, 5.74) is 5.73. The van der Waals surface area contributed by atoms with E-state index < -0.39 is 0 Å². The van der Waals surface area contributed by atoms with Crippen molar-refractivity contribution in [2.24, 2.45) is 5.73 Å². The van der Waals surface area contributed by atoms with E-state index in [1.807, 2.05) is 0 Å². The molecule has 0 aromatic carbocycles. The standard InChI is InChI=1S/C8H9ClN6.ClH/c1-5(10)6-13-7(9)14-15(6)8-11-3-2-4-12-8;/h2-5H,10H2,1H3;1H/t5-;/m1./s1. The van der Waals surface area contributed by atoms with E-state index in [4.69, 9.17) is 17.3 Å². The molecular formula is C8H10Cl2N6. The highest BCUT2D eigenvalue weighted by atomic mass is 35.5. The number of hydrogen-bond donors (Lipinski definition) is 1. The van der Waals surface area contributed by atoms with E-state index in [-0.39, 0.29) is 23.7 Å². The van der Waals surface area contributed by atoms with Gasteiger partial charge in [0.15, 0.2) is 5.82 Å². The lowest BCUT2D eigenvalue weighted by atomic mass is 10.3. The first-order chi connectivity index (χ1) is 7.18. The molecule has 0 aliphatic heterocycles. The van der Waals surface area contributed by atoms with Crippen LogP contribution in [-0.4, -0.2) is 24.7 Å². The highest BCUT2D eigenvalue weighted by Gasteiger charge is 2.15. The summed E-state index contributed by atoms with van der Waals surface area (Å²) in [7, 11) is 0. The summed E-state index contributed by atoms with van der Waals surface area (Å²) in [6, 6.07) is 1.43. The summed E-state index contributed by atoms with van der Waals surface area (Å²) in [4.78, 5) is 12.1. The monoisotopic (exact) mass is 260 g/mol. The van der Waals surface area contributed by atoms with E-state index in [9.17, 15) is 0 Å². The first-order valence-corrected chi connectivity index (χ1v) is 4.71. The van der Waals surface area contributed by atoms with Crippen LogP contribution in [0, 0.1) is 0 Å². The Kier molecular flexibility index (Phi) is 4.17. The van der Waals surface area contributed by atoms with Gasteiger partial charge in [0, 0.05) is 12.4 Å². The quantitative estimate of drug-likeness (QED) is 0.876. The van der Waals surface area contributed by atoms with Gasteiger partial charge in [0.25, 0.3) is 5.95 Å². The van der Waals surface area contributed by atoms with Crippen LogP contribution in [0.4, 0.5) is 0 Å². The minimum atomic E-state index is -0.284. The van der Waals surface area contributed by atoms with Crippen molar-refractivity contribution in [3.8, 4) is 5.95 Å². The van der Waals surface area contributed by atoms with Gasteiger partial charge in [-0.15, -0.1) is 17.5 Å². The molecule has 1 atom stereocenters. The maximum Gasteiger partial charge on any atom is 0.252 e. The van der Waals surface area contributed by atoms with Crippen molar-refractivity contribution in [3.63, 3.8) is 0 Å². The van der Waals surface area contributed by atoms with Gasteiger partial charge in [0.05, 0.1) is 6.04 Å². The third-order valence-electron chi connectivity index (χ3n) is 1.76. The molecule has 0 unspecified atom stereocenters. The summed E-state index contributed by atoms with van der Waals surface area (Å²) in [6.07, 6.45) is 3.23. The summed E-state index contributed by atoms with van der Waals surface area (Å²) in [6.45, 7) is 1.79. The minimum absolute atomic E-state index is 0. The third kappa shape index (κ3) is 2.46. The van der Waals surface area contributed by atoms with Crippen molar-refractivity contribution in [3.05, 3.63) is 29.6 Å². The van der Waals surface area contributed by atoms with Gasteiger partial charge in [-0.2, -0.15) is 9.67 Å². The van der Waals surface area contributed by atoms with Crippen LogP contribution in [0.2, 0.25) is 5.28 Å². The molecule has 16 heavy (non-hydrogen) atoms. The summed E-state index contributed by atoms with van der Waals surface area (Å²) in [5, 5.41) is 4.10. The molecule has 6 nitrogen and oxygen atoms in total. The van der Waals surface area contributed by atoms with Gasteiger partial charge < -0.3 is 5.73 Å². The molecule has 0 aliphatic carbocycles. The van der Waals surface area contributed by atoms with Crippen molar-refractivity contribution >= 4 is 24.0 Å². The second-order valence-electron chi connectivity index (χ2n) is 2.99. The number of nitrogens with two attached hydrogens (primary N) is 1. The Bertz CT molecular complexity index is 455. The fraction of sp³-hybridized carbons (Fsp3) is 0.250. The molecule has 0 aliphatic rings. The van der Waals surface area contributed by atoms with Gasteiger partial charge in [-0.1, -0.05) is 0 Å². The molecular weight excluding hydrogens is 251 g/mol. The van der Waals surface area contributed by atoms with Crippen LogP contribution in [0.3, 0.4) is 0 Å². The van der Waals surface area contributed by atoms with Gasteiger partial charge in [-0.25, -0.2) is 9.97 Å². The van der Waals surface area contributed by atoms with Crippen molar-refractivity contribution in [1.82, 2.24) is 24.7 Å². The Labute approximate surface area is 103 Å². The van der Waals surface area contributed by atoms with Crippen molar-refractivity contribution in [2.75, 3.05) is 0 Å². The average molecular weight is 261 g/mol. The van der Waals surface area contributed by atoms with Crippen LogP contribution in [0.15, 0.2) is 18.5 Å². The second kappa shape index (κ2) is 5.20. The fourth-order valence-corrected chi connectivity index (χ4v) is 1.30. The number of halogens is 2. The largest absolute Gasteiger partial charge is 0.322 e. The Hall–Kier alpha value is -1.24. The summed E-state index contributed by atoms with van der Waals surface area (Å²) in [5.74, 6) is 0.940. The summed E-state index contributed by atoms with van der Waals surface area (Å²) < 4.78 is 1.44. The topological polar surface area (TPSA) is 82.5 Å². The maximum absolute atomic E-state index is 5.73. The number of aromatic nitrogens is 5. The molecule has 0 amide bonds. The Morgan fingerprint density at radius 3 is 2.56 bits per heavy atom. The fourth-order valence-electron chi connectivity index (χ4n) is 1.14. The van der Waals surface area contributed by atoms with E-state index >= 15 is 0 Å². The van der Waals surface area contributed by atoms with Gasteiger partial charge in [-0.05, 0) is 24.6 Å². The van der Waals surface area contributed by atoms with Crippen LogP contribution in [0.1, 0.15) is 18.8 Å². The molecule has 2 aromatic heterocycles. The van der Waals surface area contributed by atoms with Gasteiger partial charge in [0.1, 0.15) is 0 Å². The SMILES string of the molecule is C[C@@H](N)c1nc(Cl)nn1-c1ncccn1.Cl. The average Bonchev–Trinajstić information content (AvgIpc) is 2.62. The zero-order valence-electron chi connectivity index (χ0n) is 8.41. The Balaban J connectivity index is 0.00000128. The lowest BCUT2D eigenvalue weighted by molar-refractivity contribution is 0.669. The van der Waals surface area contributed by atoms with E-state index in [2.05, 4.69) is 20.1 Å². The molecule has 2 aromatic rings. The predicted molar refractivity (Wildman–Crippen MR) is 61.8 cm³/mol. The maximum atomic E-state index is 5.73. The Morgan fingerprint density at radius 1 is 1.38 bits per heavy atom. The molecule has 8 heteroatoms. The second-order valence-corrected chi connectivity index (χ2v) is 3.33. The lowest BCUT2D eigenvalue weighted by Crippen LogP contribution is -2.14. The highest BCUT2D eigenvalue weighted by Crippen LogP contribution is 2.13. The molecule has 0 saturated heterocycles. The molecule has 2 rings (SSSR count). The first-order valence-electron chi connectivity index (χ1n) is 4.34. The normalized spacial score (nSPS) is 11.9. The Morgan fingerprint density at radius 2 is 2.00 bits per heavy atom. The van der Waals surface area contributed by atoms with Crippen LogP contribution >= 0.6 is 24.0 Å². The number of rotatable bonds is 2. The summed E-state index contributed by atoms with van der Waals surface area (Å²) >= 11 is 5.71. The van der Waals surface area contributed by atoms with Crippen molar-refractivity contribution < 1.29 is 0 Å². The molecule has 2 N–H and O–H groups in total. The lowest BCUT2D eigenvalue weighted by Gasteiger charge is -2.05. The van der Waals surface area contributed by atoms with E-state index in [1.165, 1.54) is 4.68 Å². The van der Waals surface area contributed by atoms with Gasteiger partial charge in [0.2, 0.25) is 5.28 Å². The molecule has 0 spiro atoms. The molecule has 0 saturated carbocycles. The smallest absolute Gasteiger partial charge is 0.252 e. The molecule has 86 valence electrons. The van der Waals surface area contributed by atoms with E-state index in [0.29, 0.717) is 11.8 Å². The number of hydrogen-bond acceptors (Lipinski definition) is 5. The van der Waals surface area contributed by atoms with Crippen LogP contribution < -0.4 is 5.73 Å². The highest BCUT2D eigenvalue weighted by molar-refractivity contribution is 6.28. The van der Waals surface area contributed by atoms with E-state index in [1.54, 1.807) is 25.4 Å². The van der Waals surface area contributed by atoms with Crippen molar-refractivity contribution in [1.29, 1.82) is 0 Å². The minimum Gasteiger partial charge on any atom is -0.322 e. The third-order valence-corrected chi connectivity index (χ3v) is 1.92. The van der Waals surface area contributed by atoms with Crippen molar-refractivity contribution in [2.45, 2.75) is 13.0 Å². The number of nitrogens with zero attached hydrogens (tertiary/aromatic N) is 5. The van der Waals surface area contributed by atoms with Gasteiger partial charge in [-0.3, -0.25) is 0 Å². The first kappa shape index (κ1) is 12.8. The molecule has 0 bridgehead atoms. The van der Waals surface area contributed by atoms with Crippen LogP contribution in [0.25, 0.3) is 5.95 Å². The molecule has 0 fully saturated rings. The zero-order chi connectivity index (χ0) is 10.8. The molecule has 0 radical (unpaired) electrons.